The Morgan fingerprint density at radius 1 is 1.43 bits per heavy atom. The van der Waals surface area contributed by atoms with Gasteiger partial charge < -0.3 is 4.57 Å². The fourth-order valence-electron chi connectivity index (χ4n) is 1.20. The Labute approximate surface area is 85.0 Å². The summed E-state index contributed by atoms with van der Waals surface area (Å²) >= 11 is 0. The van der Waals surface area contributed by atoms with Crippen LogP contribution in [0.25, 0.3) is 0 Å². The molecular formula is C11H18N2O. The summed E-state index contributed by atoms with van der Waals surface area (Å²) < 4.78 is 1.69. The number of pyridine rings is 1. The van der Waals surface area contributed by atoms with Crippen molar-refractivity contribution in [3.05, 3.63) is 34.2 Å². The summed E-state index contributed by atoms with van der Waals surface area (Å²) in [5.41, 5.74) is 1.10. The number of hydrogen-bond donors (Lipinski definition) is 0. The molecule has 0 aromatic carbocycles. The summed E-state index contributed by atoms with van der Waals surface area (Å²) in [6, 6.07) is 5.87. The van der Waals surface area contributed by atoms with E-state index in [-0.39, 0.29) is 5.56 Å². The maximum atomic E-state index is 11.3. The summed E-state index contributed by atoms with van der Waals surface area (Å²) in [7, 11) is 3.87. The smallest absolute Gasteiger partial charge is 0.250 e. The molecule has 78 valence electrons. The van der Waals surface area contributed by atoms with Crippen molar-refractivity contribution < 1.29 is 0 Å². The highest BCUT2D eigenvalue weighted by Crippen LogP contribution is 2.02. The first-order valence-corrected chi connectivity index (χ1v) is 4.87. The van der Waals surface area contributed by atoms with E-state index >= 15 is 0 Å². The minimum Gasteiger partial charge on any atom is -0.314 e. The fraction of sp³-hybridized carbons (Fsp3) is 0.545. The van der Waals surface area contributed by atoms with Gasteiger partial charge in [0, 0.05) is 31.4 Å². The van der Waals surface area contributed by atoms with Gasteiger partial charge in [-0.1, -0.05) is 6.07 Å². The van der Waals surface area contributed by atoms with Crippen molar-refractivity contribution >= 4 is 0 Å². The van der Waals surface area contributed by atoms with E-state index in [2.05, 4.69) is 25.8 Å². The van der Waals surface area contributed by atoms with E-state index < -0.39 is 0 Å². The molecule has 0 amide bonds. The van der Waals surface area contributed by atoms with Crippen LogP contribution in [0.3, 0.4) is 0 Å². The van der Waals surface area contributed by atoms with Crippen LogP contribution in [0.1, 0.15) is 19.5 Å². The Hall–Kier alpha value is -1.09. The minimum atomic E-state index is 0.0552. The van der Waals surface area contributed by atoms with Crippen LogP contribution in [0.2, 0.25) is 0 Å². The second-order valence-corrected chi connectivity index (χ2v) is 3.92. The topological polar surface area (TPSA) is 25.2 Å². The molecule has 0 unspecified atom stereocenters. The van der Waals surface area contributed by atoms with Crippen molar-refractivity contribution in [1.82, 2.24) is 9.47 Å². The van der Waals surface area contributed by atoms with Gasteiger partial charge in [-0.15, -0.1) is 0 Å². The average molecular weight is 194 g/mol. The molecule has 1 aromatic rings. The van der Waals surface area contributed by atoms with Crippen molar-refractivity contribution in [3.8, 4) is 0 Å². The largest absolute Gasteiger partial charge is 0.314 e. The van der Waals surface area contributed by atoms with E-state index in [4.69, 9.17) is 0 Å². The summed E-state index contributed by atoms with van der Waals surface area (Å²) in [4.78, 5) is 13.5. The van der Waals surface area contributed by atoms with Crippen LogP contribution in [0.4, 0.5) is 0 Å². The van der Waals surface area contributed by atoms with Gasteiger partial charge in [0.15, 0.2) is 0 Å². The molecule has 3 heteroatoms. The maximum Gasteiger partial charge on any atom is 0.250 e. The molecule has 0 fully saturated rings. The molecule has 3 nitrogen and oxygen atoms in total. The summed E-state index contributed by atoms with van der Waals surface area (Å²) in [6.45, 7) is 5.09. The molecule has 0 aliphatic carbocycles. The third-order valence-electron chi connectivity index (χ3n) is 2.58. The molecule has 0 saturated heterocycles. The third kappa shape index (κ3) is 2.45. The van der Waals surface area contributed by atoms with Crippen molar-refractivity contribution in [2.75, 3.05) is 7.05 Å². The molecule has 0 aliphatic heterocycles. The van der Waals surface area contributed by atoms with Crippen LogP contribution in [-0.4, -0.2) is 22.6 Å². The molecule has 1 rings (SSSR count). The van der Waals surface area contributed by atoms with Gasteiger partial charge in [-0.05, 0) is 27.0 Å². The predicted octanol–water partition coefficient (Wildman–Crippen LogP) is 1.23. The molecule has 1 heterocycles. The van der Waals surface area contributed by atoms with Crippen LogP contribution in [0.15, 0.2) is 23.0 Å². The Morgan fingerprint density at radius 2 is 2.07 bits per heavy atom. The molecule has 1 aromatic heterocycles. The summed E-state index contributed by atoms with van der Waals surface area (Å²) in [5.74, 6) is 0. The van der Waals surface area contributed by atoms with Gasteiger partial charge in [0.1, 0.15) is 0 Å². The fourth-order valence-corrected chi connectivity index (χ4v) is 1.20. The SMILES string of the molecule is CC(C)N(C)Cc1cccc(=O)n1C. The highest BCUT2D eigenvalue weighted by Gasteiger charge is 2.06. The van der Waals surface area contributed by atoms with E-state index in [1.54, 1.807) is 10.6 Å². The van der Waals surface area contributed by atoms with Gasteiger partial charge in [-0.25, -0.2) is 0 Å². The van der Waals surface area contributed by atoms with Gasteiger partial charge in [0.25, 0.3) is 0 Å². The summed E-state index contributed by atoms with van der Waals surface area (Å²) in [5, 5.41) is 0. The number of hydrogen-bond acceptors (Lipinski definition) is 2. The van der Waals surface area contributed by atoms with E-state index in [1.807, 2.05) is 19.2 Å². The molecule has 0 bridgehead atoms. The normalized spacial score (nSPS) is 11.3. The van der Waals surface area contributed by atoms with Gasteiger partial charge in [0.05, 0.1) is 0 Å². The Balaban J connectivity index is 2.87. The second kappa shape index (κ2) is 4.42. The Kier molecular flexibility index (Phi) is 3.47. The molecule has 0 radical (unpaired) electrons. The first-order valence-electron chi connectivity index (χ1n) is 4.87. The maximum absolute atomic E-state index is 11.3. The lowest BCUT2D eigenvalue weighted by Gasteiger charge is -2.21. The number of nitrogens with zero attached hydrogens (tertiary/aromatic N) is 2. The lowest BCUT2D eigenvalue weighted by Crippen LogP contribution is -2.29. The number of aromatic nitrogens is 1. The Bertz CT molecular complexity index is 355. The zero-order chi connectivity index (χ0) is 10.7. The van der Waals surface area contributed by atoms with Crippen molar-refractivity contribution in [2.45, 2.75) is 26.4 Å². The Morgan fingerprint density at radius 3 is 2.64 bits per heavy atom. The van der Waals surface area contributed by atoms with Crippen molar-refractivity contribution in [3.63, 3.8) is 0 Å². The summed E-state index contributed by atoms with van der Waals surface area (Å²) in [6.07, 6.45) is 0. The first-order chi connectivity index (χ1) is 6.52. The quantitative estimate of drug-likeness (QED) is 0.723. The molecule has 14 heavy (non-hydrogen) atoms. The zero-order valence-electron chi connectivity index (χ0n) is 9.32. The monoisotopic (exact) mass is 194 g/mol. The first kappa shape index (κ1) is 11.0. The van der Waals surface area contributed by atoms with E-state index in [0.717, 1.165) is 12.2 Å². The molecular weight excluding hydrogens is 176 g/mol. The van der Waals surface area contributed by atoms with E-state index in [0.29, 0.717) is 6.04 Å². The second-order valence-electron chi connectivity index (χ2n) is 3.92. The minimum absolute atomic E-state index is 0.0552. The molecule has 0 aliphatic rings. The van der Waals surface area contributed by atoms with Gasteiger partial charge in [-0.2, -0.15) is 0 Å². The van der Waals surface area contributed by atoms with E-state index in [9.17, 15) is 4.79 Å². The molecule has 0 saturated carbocycles. The lowest BCUT2D eigenvalue weighted by atomic mass is 10.3. The van der Waals surface area contributed by atoms with Crippen molar-refractivity contribution in [2.24, 2.45) is 7.05 Å². The third-order valence-corrected chi connectivity index (χ3v) is 2.58. The zero-order valence-corrected chi connectivity index (χ0v) is 9.32. The molecule has 0 atom stereocenters. The van der Waals surface area contributed by atoms with Crippen LogP contribution < -0.4 is 5.56 Å². The highest BCUT2D eigenvalue weighted by atomic mass is 16.1. The van der Waals surface area contributed by atoms with Crippen LogP contribution in [0, 0.1) is 0 Å². The van der Waals surface area contributed by atoms with Gasteiger partial charge in [-0.3, -0.25) is 9.69 Å². The van der Waals surface area contributed by atoms with Crippen LogP contribution in [0.5, 0.6) is 0 Å². The number of rotatable bonds is 3. The highest BCUT2D eigenvalue weighted by molar-refractivity contribution is 5.06. The van der Waals surface area contributed by atoms with Crippen LogP contribution in [-0.2, 0) is 13.6 Å². The van der Waals surface area contributed by atoms with Crippen molar-refractivity contribution in [1.29, 1.82) is 0 Å². The molecule has 0 spiro atoms. The predicted molar refractivity (Wildman–Crippen MR) is 58.3 cm³/mol. The standard InChI is InChI=1S/C11H18N2O/c1-9(2)12(3)8-10-6-5-7-11(14)13(10)4/h5-7,9H,8H2,1-4H3. The lowest BCUT2D eigenvalue weighted by molar-refractivity contribution is 0.259. The average Bonchev–Trinajstić information content (AvgIpc) is 2.12. The van der Waals surface area contributed by atoms with E-state index in [1.165, 1.54) is 0 Å². The molecule has 0 N–H and O–H groups in total. The van der Waals surface area contributed by atoms with Gasteiger partial charge >= 0.3 is 0 Å². The van der Waals surface area contributed by atoms with Gasteiger partial charge in [0.2, 0.25) is 5.56 Å². The van der Waals surface area contributed by atoms with Crippen LogP contribution >= 0.6 is 0 Å².